The third-order valence-corrected chi connectivity index (χ3v) is 4.33. The fourth-order valence-corrected chi connectivity index (χ4v) is 3.21. The lowest BCUT2D eigenvalue weighted by molar-refractivity contribution is -0.137. The highest BCUT2D eigenvalue weighted by Gasteiger charge is 2.28. The summed E-state index contributed by atoms with van der Waals surface area (Å²) in [4.78, 5) is 23.3. The van der Waals surface area contributed by atoms with Gasteiger partial charge in [-0.2, -0.15) is 5.10 Å². The van der Waals surface area contributed by atoms with Gasteiger partial charge in [-0.25, -0.2) is 9.07 Å². The van der Waals surface area contributed by atoms with Crippen LogP contribution in [0, 0.1) is 12.7 Å². The maximum atomic E-state index is 14.3. The number of fused-ring (bicyclic) bond motifs is 1. The number of aryl methyl sites for hydroxylation is 1. The minimum Gasteiger partial charge on any atom is -0.481 e. The molecule has 25 heavy (non-hydrogen) atoms. The van der Waals surface area contributed by atoms with Gasteiger partial charge in [-0.05, 0) is 50.8 Å². The Morgan fingerprint density at radius 1 is 1.40 bits per heavy atom. The lowest BCUT2D eigenvalue weighted by Gasteiger charge is -2.11. The van der Waals surface area contributed by atoms with Crippen LogP contribution in [0.25, 0.3) is 5.69 Å². The molecule has 1 aliphatic carbocycles. The summed E-state index contributed by atoms with van der Waals surface area (Å²) in [5, 5.41) is 15.8. The number of hydrogen-bond acceptors (Lipinski definition) is 3. The Kier molecular flexibility index (Phi) is 4.57. The van der Waals surface area contributed by atoms with Crippen LogP contribution in [-0.2, 0) is 17.6 Å². The quantitative estimate of drug-likeness (QED) is 0.871. The van der Waals surface area contributed by atoms with E-state index in [0.29, 0.717) is 12.1 Å². The molecule has 1 atom stereocenters. The first-order valence-electron chi connectivity index (χ1n) is 8.26. The van der Waals surface area contributed by atoms with Crippen molar-refractivity contribution in [3.05, 3.63) is 46.5 Å². The molecule has 2 aromatic rings. The number of halogens is 1. The highest BCUT2D eigenvalue weighted by molar-refractivity contribution is 5.94. The molecule has 6 nitrogen and oxygen atoms in total. The molecule has 2 N–H and O–H groups in total. The van der Waals surface area contributed by atoms with Crippen molar-refractivity contribution >= 4 is 11.9 Å². The van der Waals surface area contributed by atoms with E-state index in [4.69, 9.17) is 5.11 Å². The van der Waals surface area contributed by atoms with E-state index in [1.807, 2.05) is 6.92 Å². The molecule has 1 heterocycles. The maximum absolute atomic E-state index is 14.3. The molecule has 1 unspecified atom stereocenters. The molecule has 1 aromatic carbocycles. The second kappa shape index (κ2) is 6.66. The number of aliphatic carboxylic acids is 1. The van der Waals surface area contributed by atoms with Crippen LogP contribution < -0.4 is 5.32 Å². The number of nitrogens with zero attached hydrogens (tertiary/aromatic N) is 2. The number of benzene rings is 1. The lowest BCUT2D eigenvalue weighted by atomic mass is 10.1. The van der Waals surface area contributed by atoms with E-state index in [2.05, 4.69) is 10.4 Å². The van der Waals surface area contributed by atoms with Crippen molar-refractivity contribution in [3.8, 4) is 5.69 Å². The van der Waals surface area contributed by atoms with Gasteiger partial charge in [-0.3, -0.25) is 9.59 Å². The Morgan fingerprint density at radius 2 is 2.16 bits per heavy atom. The van der Waals surface area contributed by atoms with Crippen molar-refractivity contribution < 1.29 is 19.1 Å². The van der Waals surface area contributed by atoms with Gasteiger partial charge in [0.1, 0.15) is 11.5 Å². The highest BCUT2D eigenvalue weighted by Crippen LogP contribution is 2.29. The SMILES string of the molecule is Cc1ccc(F)c(-n2nc(C(=O)NC(C)CC(=O)O)c3c2CCC3)c1. The van der Waals surface area contributed by atoms with Gasteiger partial charge in [-0.15, -0.1) is 0 Å². The third-order valence-electron chi connectivity index (χ3n) is 4.33. The zero-order valence-electron chi connectivity index (χ0n) is 14.2. The number of carbonyl (C=O) groups excluding carboxylic acids is 1. The van der Waals surface area contributed by atoms with Gasteiger partial charge in [0, 0.05) is 17.3 Å². The number of nitrogens with one attached hydrogen (secondary N) is 1. The Labute approximate surface area is 144 Å². The van der Waals surface area contributed by atoms with Crippen LogP contribution in [-0.4, -0.2) is 32.8 Å². The normalized spacial score (nSPS) is 14.2. The first kappa shape index (κ1) is 17.1. The van der Waals surface area contributed by atoms with E-state index >= 15 is 0 Å². The molecule has 1 aliphatic rings. The molecule has 132 valence electrons. The second-order valence-electron chi connectivity index (χ2n) is 6.47. The zero-order valence-corrected chi connectivity index (χ0v) is 14.2. The van der Waals surface area contributed by atoms with Crippen LogP contribution in [0.5, 0.6) is 0 Å². The van der Waals surface area contributed by atoms with E-state index in [-0.39, 0.29) is 12.1 Å². The first-order chi connectivity index (χ1) is 11.9. The highest BCUT2D eigenvalue weighted by atomic mass is 19.1. The molecule has 0 radical (unpaired) electrons. The van der Waals surface area contributed by atoms with Crippen LogP contribution >= 0.6 is 0 Å². The fraction of sp³-hybridized carbons (Fsp3) is 0.389. The van der Waals surface area contributed by atoms with Crippen molar-refractivity contribution in [2.24, 2.45) is 0 Å². The summed E-state index contributed by atoms with van der Waals surface area (Å²) < 4.78 is 15.8. The molecule has 0 saturated carbocycles. The molecule has 0 aliphatic heterocycles. The van der Waals surface area contributed by atoms with Gasteiger partial charge in [0.2, 0.25) is 0 Å². The van der Waals surface area contributed by atoms with Gasteiger partial charge in [0.25, 0.3) is 5.91 Å². The number of carboxylic acids is 1. The van der Waals surface area contributed by atoms with E-state index in [1.54, 1.807) is 19.1 Å². The molecule has 0 bridgehead atoms. The number of aromatic nitrogens is 2. The van der Waals surface area contributed by atoms with Gasteiger partial charge in [0.15, 0.2) is 5.69 Å². The standard InChI is InChI=1S/C18H20FN3O3/c1-10-6-7-13(19)15(8-10)22-14-5-3-4-12(14)17(21-22)18(25)20-11(2)9-16(23)24/h6-8,11H,3-5,9H2,1-2H3,(H,20,25)(H,23,24). The van der Waals surface area contributed by atoms with Gasteiger partial charge < -0.3 is 10.4 Å². The minimum absolute atomic E-state index is 0.166. The molecule has 0 saturated heterocycles. The number of rotatable bonds is 5. The Balaban J connectivity index is 1.96. The number of carboxylic acid groups (broad SMARTS) is 1. The number of hydrogen-bond donors (Lipinski definition) is 2. The van der Waals surface area contributed by atoms with Crippen LogP contribution in [0.15, 0.2) is 18.2 Å². The van der Waals surface area contributed by atoms with Crippen LogP contribution in [0.3, 0.4) is 0 Å². The van der Waals surface area contributed by atoms with Crippen molar-refractivity contribution in [1.82, 2.24) is 15.1 Å². The molecule has 1 aromatic heterocycles. The molecular formula is C18H20FN3O3. The van der Waals surface area contributed by atoms with Crippen LogP contribution in [0.2, 0.25) is 0 Å². The van der Waals surface area contributed by atoms with E-state index in [9.17, 15) is 14.0 Å². The van der Waals surface area contributed by atoms with Gasteiger partial charge in [-0.1, -0.05) is 6.07 Å². The topological polar surface area (TPSA) is 84.2 Å². The number of amides is 1. The average molecular weight is 345 g/mol. The smallest absolute Gasteiger partial charge is 0.305 e. The molecule has 7 heteroatoms. The fourth-order valence-electron chi connectivity index (χ4n) is 3.21. The third kappa shape index (κ3) is 3.40. The van der Waals surface area contributed by atoms with E-state index < -0.39 is 23.7 Å². The van der Waals surface area contributed by atoms with Crippen LogP contribution in [0.4, 0.5) is 4.39 Å². The summed E-state index contributed by atoms with van der Waals surface area (Å²) in [5.74, 6) is -1.79. The van der Waals surface area contributed by atoms with Gasteiger partial charge >= 0.3 is 5.97 Å². The minimum atomic E-state index is -0.981. The Morgan fingerprint density at radius 3 is 2.88 bits per heavy atom. The largest absolute Gasteiger partial charge is 0.481 e. The summed E-state index contributed by atoms with van der Waals surface area (Å²) in [7, 11) is 0. The van der Waals surface area contributed by atoms with Crippen molar-refractivity contribution in [2.45, 2.75) is 45.6 Å². The summed E-state index contributed by atoms with van der Waals surface area (Å²) in [6.07, 6.45) is 2.15. The monoisotopic (exact) mass is 345 g/mol. The Bertz CT molecular complexity index is 844. The average Bonchev–Trinajstić information content (AvgIpc) is 3.10. The molecule has 1 amide bonds. The van der Waals surface area contributed by atoms with E-state index in [1.165, 1.54) is 10.7 Å². The number of carbonyl (C=O) groups is 2. The first-order valence-corrected chi connectivity index (χ1v) is 8.26. The predicted molar refractivity (Wildman–Crippen MR) is 89.5 cm³/mol. The van der Waals surface area contributed by atoms with Crippen molar-refractivity contribution in [3.63, 3.8) is 0 Å². The summed E-state index contributed by atoms with van der Waals surface area (Å²) in [6.45, 7) is 3.50. The predicted octanol–water partition coefficient (Wildman–Crippen LogP) is 2.40. The summed E-state index contributed by atoms with van der Waals surface area (Å²) in [6, 6.07) is 4.27. The maximum Gasteiger partial charge on any atom is 0.305 e. The molecule has 0 fully saturated rings. The second-order valence-corrected chi connectivity index (χ2v) is 6.47. The molecule has 3 rings (SSSR count). The van der Waals surface area contributed by atoms with Gasteiger partial charge in [0.05, 0.1) is 6.42 Å². The molecular weight excluding hydrogens is 325 g/mol. The zero-order chi connectivity index (χ0) is 18.1. The van der Waals surface area contributed by atoms with Crippen LogP contribution in [0.1, 0.15) is 47.1 Å². The summed E-state index contributed by atoms with van der Waals surface area (Å²) >= 11 is 0. The van der Waals surface area contributed by atoms with Crippen molar-refractivity contribution in [1.29, 1.82) is 0 Å². The molecule has 0 spiro atoms. The van der Waals surface area contributed by atoms with E-state index in [0.717, 1.165) is 29.7 Å². The van der Waals surface area contributed by atoms with Crippen molar-refractivity contribution in [2.75, 3.05) is 0 Å². The Hall–Kier alpha value is -2.70. The summed E-state index contributed by atoms with van der Waals surface area (Å²) in [5.41, 5.74) is 3.16. The lowest BCUT2D eigenvalue weighted by Crippen LogP contribution is -2.35.